The summed E-state index contributed by atoms with van der Waals surface area (Å²) in [6, 6.07) is 0.144. The highest BCUT2D eigenvalue weighted by Gasteiger charge is 2.43. The summed E-state index contributed by atoms with van der Waals surface area (Å²) in [5.41, 5.74) is 5.00. The summed E-state index contributed by atoms with van der Waals surface area (Å²) in [7, 11) is 0. The molecular weight excluding hydrogens is 304 g/mol. The van der Waals surface area contributed by atoms with Crippen molar-refractivity contribution in [3.8, 4) is 12.8 Å². The summed E-state index contributed by atoms with van der Waals surface area (Å²) < 4.78 is 10.5. The van der Waals surface area contributed by atoms with Crippen LogP contribution in [0.1, 0.15) is 40.0 Å². The van der Waals surface area contributed by atoms with Gasteiger partial charge in [0, 0.05) is 12.6 Å². The summed E-state index contributed by atoms with van der Waals surface area (Å²) in [6.07, 6.45) is 9.65. The first kappa shape index (κ1) is 21.6. The summed E-state index contributed by atoms with van der Waals surface area (Å²) in [4.78, 5) is 14.4. The third-order valence-corrected chi connectivity index (χ3v) is 3.43. The lowest BCUT2D eigenvalue weighted by Crippen LogP contribution is -2.31. The van der Waals surface area contributed by atoms with Crippen LogP contribution >= 0.6 is 0 Å². The zero-order valence-electron chi connectivity index (χ0n) is 14.0. The Bertz CT molecular complexity index is 369. The summed E-state index contributed by atoms with van der Waals surface area (Å²) in [6.45, 7) is 6.45. The van der Waals surface area contributed by atoms with Crippen LogP contribution in [0.5, 0.6) is 0 Å². The van der Waals surface area contributed by atoms with E-state index in [-0.39, 0.29) is 24.9 Å². The van der Waals surface area contributed by atoms with Gasteiger partial charge in [-0.05, 0) is 33.1 Å². The summed E-state index contributed by atoms with van der Waals surface area (Å²) in [5.74, 6) is 0. The maximum absolute atomic E-state index is 10.0. The Kier molecular flexibility index (Phi) is 9.76. The predicted molar refractivity (Wildman–Crippen MR) is 85.0 cm³/mol. The quantitative estimate of drug-likeness (QED) is 0.436. The molecule has 23 heavy (non-hydrogen) atoms. The molecular formula is C15H28N2O6. The van der Waals surface area contributed by atoms with Gasteiger partial charge in [0.25, 0.3) is 5.09 Å². The highest BCUT2D eigenvalue weighted by molar-refractivity contribution is 4.89. The molecule has 0 aromatic heterocycles. The third-order valence-electron chi connectivity index (χ3n) is 3.43. The minimum Gasteiger partial charge on any atom is -0.390 e. The predicted octanol–water partition coefficient (Wildman–Crippen LogP) is 0.885. The molecule has 0 bridgehead atoms. The zero-order chi connectivity index (χ0) is 18.0. The SMILES string of the molecule is C#C.CCC(N)CC(C)(C)O.O=[N+]([O-])O[C@@H]1CO[C@@H]2CCO[C@@H]21. The Morgan fingerprint density at radius 1 is 1.48 bits per heavy atom. The molecule has 0 spiro atoms. The molecule has 2 saturated heterocycles. The molecule has 2 aliphatic heterocycles. The van der Waals surface area contributed by atoms with Crippen LogP contribution in [0.15, 0.2) is 0 Å². The molecule has 0 radical (unpaired) electrons. The largest absolute Gasteiger partial charge is 0.390 e. The van der Waals surface area contributed by atoms with E-state index >= 15 is 0 Å². The van der Waals surface area contributed by atoms with E-state index in [1.807, 2.05) is 6.92 Å². The third kappa shape index (κ3) is 8.71. The van der Waals surface area contributed by atoms with Gasteiger partial charge in [0.15, 0.2) is 6.10 Å². The van der Waals surface area contributed by atoms with E-state index in [2.05, 4.69) is 17.7 Å². The van der Waals surface area contributed by atoms with Gasteiger partial charge in [-0.3, -0.25) is 0 Å². The van der Waals surface area contributed by atoms with Gasteiger partial charge < -0.3 is 25.2 Å². The van der Waals surface area contributed by atoms with Gasteiger partial charge in [-0.2, -0.15) is 0 Å². The van der Waals surface area contributed by atoms with Crippen LogP contribution in [-0.4, -0.2) is 53.4 Å². The molecule has 4 atom stereocenters. The normalized spacial score (nSPS) is 26.8. The summed E-state index contributed by atoms with van der Waals surface area (Å²) >= 11 is 0. The van der Waals surface area contributed by atoms with Crippen molar-refractivity contribution in [2.45, 2.75) is 70.0 Å². The Morgan fingerprint density at radius 2 is 2.09 bits per heavy atom. The topological polar surface area (TPSA) is 117 Å². The van der Waals surface area contributed by atoms with Gasteiger partial charge in [-0.15, -0.1) is 23.0 Å². The van der Waals surface area contributed by atoms with Gasteiger partial charge >= 0.3 is 0 Å². The molecule has 8 nitrogen and oxygen atoms in total. The van der Waals surface area contributed by atoms with Crippen LogP contribution in [0.3, 0.4) is 0 Å². The highest BCUT2D eigenvalue weighted by atomic mass is 17.0. The molecule has 2 rings (SSSR count). The van der Waals surface area contributed by atoms with Crippen molar-refractivity contribution in [1.29, 1.82) is 0 Å². The minimum absolute atomic E-state index is 0.00468. The Hall–Kier alpha value is -1.40. The van der Waals surface area contributed by atoms with Crippen molar-refractivity contribution in [1.82, 2.24) is 0 Å². The van der Waals surface area contributed by atoms with Crippen molar-refractivity contribution in [3.05, 3.63) is 10.1 Å². The van der Waals surface area contributed by atoms with Crippen LogP contribution in [-0.2, 0) is 14.3 Å². The fourth-order valence-electron chi connectivity index (χ4n) is 2.42. The molecule has 1 unspecified atom stereocenters. The number of rotatable bonds is 5. The zero-order valence-corrected chi connectivity index (χ0v) is 14.0. The fourth-order valence-corrected chi connectivity index (χ4v) is 2.42. The number of nitrogens with zero attached hydrogens (tertiary/aromatic N) is 1. The smallest absolute Gasteiger partial charge is 0.294 e. The second-order valence-corrected chi connectivity index (χ2v) is 6.05. The van der Waals surface area contributed by atoms with E-state index in [1.54, 1.807) is 13.8 Å². The van der Waals surface area contributed by atoms with Gasteiger partial charge in [0.2, 0.25) is 0 Å². The van der Waals surface area contributed by atoms with Crippen molar-refractivity contribution >= 4 is 0 Å². The monoisotopic (exact) mass is 332 g/mol. The molecule has 0 aromatic carbocycles. The molecule has 0 aliphatic carbocycles. The number of aliphatic hydroxyl groups is 1. The van der Waals surface area contributed by atoms with E-state index < -0.39 is 16.8 Å². The summed E-state index contributed by atoms with van der Waals surface area (Å²) in [5, 5.41) is 18.5. The number of nitrogens with two attached hydrogens (primary N) is 1. The van der Waals surface area contributed by atoms with Gasteiger partial charge in [0.05, 0.1) is 18.3 Å². The average molecular weight is 332 g/mol. The second-order valence-electron chi connectivity index (χ2n) is 6.05. The van der Waals surface area contributed by atoms with Crippen LogP contribution in [0.25, 0.3) is 0 Å². The number of hydrogen-bond acceptors (Lipinski definition) is 7. The number of fused-ring (bicyclic) bond motifs is 1. The fraction of sp³-hybridized carbons (Fsp3) is 0.867. The van der Waals surface area contributed by atoms with E-state index in [0.29, 0.717) is 13.0 Å². The maximum atomic E-state index is 10.0. The number of ether oxygens (including phenoxy) is 2. The van der Waals surface area contributed by atoms with Crippen molar-refractivity contribution in [2.75, 3.05) is 13.2 Å². The van der Waals surface area contributed by atoms with E-state index in [4.69, 9.17) is 15.2 Å². The van der Waals surface area contributed by atoms with Crippen LogP contribution in [0.4, 0.5) is 0 Å². The van der Waals surface area contributed by atoms with Crippen LogP contribution < -0.4 is 5.73 Å². The first-order valence-electron chi connectivity index (χ1n) is 7.58. The second kappa shape index (κ2) is 10.4. The minimum atomic E-state index is -0.794. The van der Waals surface area contributed by atoms with Crippen LogP contribution in [0.2, 0.25) is 0 Å². The van der Waals surface area contributed by atoms with Gasteiger partial charge in [-0.25, -0.2) is 0 Å². The van der Waals surface area contributed by atoms with E-state index in [1.165, 1.54) is 0 Å². The van der Waals surface area contributed by atoms with Crippen LogP contribution in [0, 0.1) is 23.0 Å². The maximum Gasteiger partial charge on any atom is 0.294 e. The molecule has 0 saturated carbocycles. The molecule has 0 aromatic rings. The van der Waals surface area contributed by atoms with Crippen molar-refractivity contribution in [2.24, 2.45) is 5.73 Å². The van der Waals surface area contributed by atoms with E-state index in [9.17, 15) is 15.2 Å². The lowest BCUT2D eigenvalue weighted by molar-refractivity contribution is -0.769. The standard InChI is InChI=1S/C7H17NO.C6H9NO5.C2H2/c1-4-6(8)5-7(2,3)9;8-7(9)12-5-3-11-4-1-2-10-6(4)5;1-2/h6,9H,4-5,8H2,1-3H3;4-6H,1-3H2;1-2H/t;4-,5-,6+;/m.1./s1. The first-order valence-corrected chi connectivity index (χ1v) is 7.58. The Labute approximate surface area is 137 Å². The van der Waals surface area contributed by atoms with E-state index in [0.717, 1.165) is 12.8 Å². The Morgan fingerprint density at radius 3 is 2.52 bits per heavy atom. The lowest BCUT2D eigenvalue weighted by atomic mass is 9.98. The first-order chi connectivity index (χ1) is 10.7. The molecule has 134 valence electrons. The lowest BCUT2D eigenvalue weighted by Gasteiger charge is -2.20. The van der Waals surface area contributed by atoms with Crippen molar-refractivity contribution < 1.29 is 24.5 Å². The Balaban J connectivity index is 0.000000396. The average Bonchev–Trinajstić information content (AvgIpc) is 3.04. The van der Waals surface area contributed by atoms with Gasteiger partial charge in [0.1, 0.15) is 6.10 Å². The van der Waals surface area contributed by atoms with Gasteiger partial charge in [-0.1, -0.05) is 6.92 Å². The highest BCUT2D eigenvalue weighted by Crippen LogP contribution is 2.28. The molecule has 0 amide bonds. The molecule has 2 aliphatic rings. The molecule has 3 N–H and O–H groups in total. The molecule has 2 heterocycles. The number of terminal acetylenes is 1. The van der Waals surface area contributed by atoms with Crippen molar-refractivity contribution in [3.63, 3.8) is 0 Å². The molecule has 8 heteroatoms. The molecule has 2 fully saturated rings. The number of hydrogen-bond donors (Lipinski definition) is 2.